The van der Waals surface area contributed by atoms with Crippen LogP contribution in [0.4, 0.5) is 0 Å². The lowest BCUT2D eigenvalue weighted by molar-refractivity contribution is -0.160. The number of hydrogen-bond donors (Lipinski definition) is 0. The SMILES string of the molecule is COOSc1ccc(CCBr)cc1. The minimum absolute atomic E-state index is 0.994. The first-order chi connectivity index (χ1) is 6.36. The molecule has 1 aromatic rings. The first-order valence-corrected chi connectivity index (χ1v) is 5.75. The molecule has 0 bridgehead atoms. The summed E-state index contributed by atoms with van der Waals surface area (Å²) in [7, 11) is 1.49. The standard InChI is InChI=1S/C9H11BrO2S/c1-11-12-13-9-4-2-8(3-5-9)6-7-10/h2-5H,6-7H2,1H3. The normalized spacial score (nSPS) is 10.3. The third-order valence-electron chi connectivity index (χ3n) is 1.50. The number of hydrogen-bond acceptors (Lipinski definition) is 3. The molecule has 0 aliphatic heterocycles. The lowest BCUT2D eigenvalue weighted by atomic mass is 10.2. The van der Waals surface area contributed by atoms with Gasteiger partial charge < -0.3 is 0 Å². The van der Waals surface area contributed by atoms with E-state index in [2.05, 4.69) is 33.0 Å². The molecule has 1 rings (SSSR count). The van der Waals surface area contributed by atoms with Gasteiger partial charge in [-0.2, -0.15) is 4.33 Å². The summed E-state index contributed by atoms with van der Waals surface area (Å²) >= 11 is 4.61. The Kier molecular flexibility index (Phi) is 5.46. The molecule has 0 fully saturated rings. The number of aryl methyl sites for hydroxylation is 1. The maximum Gasteiger partial charge on any atom is 0.0725 e. The lowest BCUT2D eigenvalue weighted by Crippen LogP contribution is -1.85. The summed E-state index contributed by atoms with van der Waals surface area (Å²) in [4.78, 5) is 5.52. The fraction of sp³-hybridized carbons (Fsp3) is 0.333. The van der Waals surface area contributed by atoms with Crippen LogP contribution in [-0.4, -0.2) is 12.4 Å². The highest BCUT2D eigenvalue weighted by Crippen LogP contribution is 2.19. The first kappa shape index (κ1) is 11.0. The van der Waals surface area contributed by atoms with E-state index in [0.29, 0.717) is 0 Å². The van der Waals surface area contributed by atoms with Gasteiger partial charge in [0.05, 0.1) is 19.2 Å². The van der Waals surface area contributed by atoms with Crippen molar-refractivity contribution in [3.63, 3.8) is 0 Å². The van der Waals surface area contributed by atoms with Gasteiger partial charge in [0, 0.05) is 10.2 Å². The molecule has 0 heterocycles. The van der Waals surface area contributed by atoms with Crippen LogP contribution in [0, 0.1) is 0 Å². The third kappa shape index (κ3) is 4.13. The second-order valence-corrected chi connectivity index (χ2v) is 3.97. The molecule has 0 unspecified atom stereocenters. The summed E-state index contributed by atoms with van der Waals surface area (Å²) in [5.41, 5.74) is 1.32. The van der Waals surface area contributed by atoms with Crippen molar-refractivity contribution in [3.05, 3.63) is 29.8 Å². The topological polar surface area (TPSA) is 18.5 Å². The zero-order valence-electron chi connectivity index (χ0n) is 7.33. The second-order valence-electron chi connectivity index (χ2n) is 2.40. The molecule has 0 amide bonds. The van der Waals surface area contributed by atoms with E-state index >= 15 is 0 Å². The number of halogens is 1. The number of benzene rings is 1. The van der Waals surface area contributed by atoms with Crippen LogP contribution in [0.2, 0.25) is 0 Å². The van der Waals surface area contributed by atoms with E-state index in [1.165, 1.54) is 24.7 Å². The Hall–Kier alpha value is -0.0300. The average molecular weight is 263 g/mol. The van der Waals surface area contributed by atoms with Gasteiger partial charge in [0.25, 0.3) is 0 Å². The van der Waals surface area contributed by atoms with Crippen molar-refractivity contribution < 1.29 is 9.22 Å². The highest BCUT2D eigenvalue weighted by Gasteiger charge is 1.95. The molecule has 0 spiro atoms. The van der Waals surface area contributed by atoms with Crippen molar-refractivity contribution in [2.45, 2.75) is 11.3 Å². The molecule has 1 aromatic carbocycles. The van der Waals surface area contributed by atoms with Gasteiger partial charge in [0.1, 0.15) is 0 Å². The highest BCUT2D eigenvalue weighted by atomic mass is 79.9. The zero-order valence-corrected chi connectivity index (χ0v) is 9.73. The number of rotatable bonds is 5. The van der Waals surface area contributed by atoms with Gasteiger partial charge in [-0.1, -0.05) is 28.1 Å². The Labute approximate surface area is 90.9 Å². The van der Waals surface area contributed by atoms with Crippen LogP contribution in [-0.2, 0) is 15.6 Å². The summed E-state index contributed by atoms with van der Waals surface area (Å²) in [6.45, 7) is 0. The summed E-state index contributed by atoms with van der Waals surface area (Å²) < 4.78 is 4.73. The van der Waals surface area contributed by atoms with Gasteiger partial charge in [0.15, 0.2) is 0 Å². The van der Waals surface area contributed by atoms with Gasteiger partial charge >= 0.3 is 0 Å². The Bertz CT molecular complexity index is 238. The summed E-state index contributed by atoms with van der Waals surface area (Å²) in [6.07, 6.45) is 1.05. The lowest BCUT2D eigenvalue weighted by Gasteiger charge is -2.00. The molecule has 0 N–H and O–H groups in total. The quantitative estimate of drug-likeness (QED) is 0.352. The van der Waals surface area contributed by atoms with E-state index < -0.39 is 0 Å². The van der Waals surface area contributed by atoms with E-state index in [1.807, 2.05) is 12.1 Å². The Morgan fingerprint density at radius 2 is 2.00 bits per heavy atom. The molecule has 0 aliphatic rings. The third-order valence-corrected chi connectivity index (χ3v) is 2.57. The van der Waals surface area contributed by atoms with Crippen LogP contribution in [0.5, 0.6) is 0 Å². The van der Waals surface area contributed by atoms with Crippen molar-refractivity contribution in [2.24, 2.45) is 0 Å². The minimum Gasteiger partial charge on any atom is -0.227 e. The maximum atomic E-state index is 4.73. The van der Waals surface area contributed by atoms with Crippen molar-refractivity contribution in [1.29, 1.82) is 0 Å². The number of alkyl halides is 1. The molecular formula is C9H11BrO2S. The zero-order chi connectivity index (χ0) is 9.52. The summed E-state index contributed by atoms with van der Waals surface area (Å²) in [5.74, 6) is 0. The molecule has 72 valence electrons. The molecule has 13 heavy (non-hydrogen) atoms. The molecule has 0 atom stereocenters. The molecule has 0 aliphatic carbocycles. The van der Waals surface area contributed by atoms with E-state index in [0.717, 1.165) is 16.6 Å². The monoisotopic (exact) mass is 262 g/mol. The van der Waals surface area contributed by atoms with Crippen molar-refractivity contribution in [2.75, 3.05) is 12.4 Å². The van der Waals surface area contributed by atoms with Crippen LogP contribution < -0.4 is 0 Å². The predicted molar refractivity (Wildman–Crippen MR) is 57.9 cm³/mol. The predicted octanol–water partition coefficient (Wildman–Crippen LogP) is 3.21. The maximum absolute atomic E-state index is 4.73. The smallest absolute Gasteiger partial charge is 0.0725 e. The Balaban J connectivity index is 2.48. The van der Waals surface area contributed by atoms with Crippen LogP contribution >= 0.6 is 28.0 Å². The van der Waals surface area contributed by atoms with Gasteiger partial charge in [-0.3, -0.25) is 0 Å². The Morgan fingerprint density at radius 1 is 1.31 bits per heavy atom. The highest BCUT2D eigenvalue weighted by molar-refractivity contribution is 9.09. The molecule has 0 saturated carbocycles. The minimum atomic E-state index is 0.994. The van der Waals surface area contributed by atoms with Crippen LogP contribution in [0.15, 0.2) is 29.2 Å². The molecule has 4 heteroatoms. The second kappa shape index (κ2) is 6.43. The van der Waals surface area contributed by atoms with Gasteiger partial charge in [-0.25, -0.2) is 4.89 Å². The molecule has 0 aromatic heterocycles. The fourth-order valence-corrected chi connectivity index (χ4v) is 1.75. The van der Waals surface area contributed by atoms with E-state index in [4.69, 9.17) is 4.33 Å². The van der Waals surface area contributed by atoms with Crippen molar-refractivity contribution >= 4 is 28.0 Å². The summed E-state index contributed by atoms with van der Waals surface area (Å²) in [6, 6.07) is 8.20. The van der Waals surface area contributed by atoms with Crippen LogP contribution in [0.25, 0.3) is 0 Å². The average Bonchev–Trinajstić information content (AvgIpc) is 2.17. The Morgan fingerprint density at radius 3 is 2.54 bits per heavy atom. The van der Waals surface area contributed by atoms with Crippen LogP contribution in [0.1, 0.15) is 5.56 Å². The van der Waals surface area contributed by atoms with Crippen molar-refractivity contribution in [3.8, 4) is 0 Å². The van der Waals surface area contributed by atoms with Crippen LogP contribution in [0.3, 0.4) is 0 Å². The summed E-state index contributed by atoms with van der Waals surface area (Å²) in [5, 5.41) is 0.994. The van der Waals surface area contributed by atoms with Gasteiger partial charge in [-0.15, -0.1) is 0 Å². The van der Waals surface area contributed by atoms with E-state index in [9.17, 15) is 0 Å². The largest absolute Gasteiger partial charge is 0.227 e. The van der Waals surface area contributed by atoms with Gasteiger partial charge in [0.2, 0.25) is 0 Å². The van der Waals surface area contributed by atoms with E-state index in [1.54, 1.807) is 0 Å². The fourth-order valence-electron chi connectivity index (χ4n) is 0.894. The molecule has 0 saturated heterocycles. The first-order valence-electron chi connectivity index (χ1n) is 3.89. The van der Waals surface area contributed by atoms with Crippen molar-refractivity contribution in [1.82, 2.24) is 0 Å². The van der Waals surface area contributed by atoms with Gasteiger partial charge in [-0.05, 0) is 24.1 Å². The van der Waals surface area contributed by atoms with E-state index in [-0.39, 0.29) is 0 Å². The molecular weight excluding hydrogens is 252 g/mol. The molecule has 0 radical (unpaired) electrons. The molecule has 2 nitrogen and oxygen atoms in total.